The Hall–Kier alpha value is -0.230. The maximum absolute atomic E-state index is 12.4. The molecular formula is C7H10F3NS2. The van der Waals surface area contributed by atoms with Crippen molar-refractivity contribution in [2.75, 3.05) is 7.05 Å². The molecule has 0 fully saturated rings. The van der Waals surface area contributed by atoms with E-state index in [4.69, 9.17) is 12.2 Å². The van der Waals surface area contributed by atoms with Gasteiger partial charge in [-0.15, -0.1) is 0 Å². The van der Waals surface area contributed by atoms with Gasteiger partial charge >= 0.3 is 6.08 Å². The second-order valence-corrected chi connectivity index (χ2v) is 4.45. The zero-order valence-electron chi connectivity index (χ0n) is 7.23. The van der Waals surface area contributed by atoms with Gasteiger partial charge in [0.25, 0.3) is 0 Å². The summed E-state index contributed by atoms with van der Waals surface area (Å²) in [5, 5.41) is 2.38. The molecule has 6 heteroatoms. The van der Waals surface area contributed by atoms with E-state index in [9.17, 15) is 13.2 Å². The van der Waals surface area contributed by atoms with E-state index in [0.29, 0.717) is 4.32 Å². The van der Waals surface area contributed by atoms with Gasteiger partial charge in [0.05, 0.1) is 0 Å². The van der Waals surface area contributed by atoms with Crippen LogP contribution in [0.15, 0.2) is 11.9 Å². The van der Waals surface area contributed by atoms with Gasteiger partial charge in [-0.05, 0) is 0 Å². The van der Waals surface area contributed by atoms with Gasteiger partial charge in [0.1, 0.15) is 4.32 Å². The fraction of sp³-hybridized carbons (Fsp3) is 0.571. The second-order valence-electron chi connectivity index (χ2n) is 2.34. The molecule has 0 rings (SSSR count). The second kappa shape index (κ2) is 6.26. The number of thiocarbonyl (C=S) groups is 1. The van der Waals surface area contributed by atoms with Crippen LogP contribution >= 0.6 is 24.0 Å². The molecule has 1 atom stereocenters. The van der Waals surface area contributed by atoms with E-state index in [-0.39, 0.29) is 11.7 Å². The van der Waals surface area contributed by atoms with Crippen molar-refractivity contribution in [3.05, 3.63) is 11.9 Å². The monoisotopic (exact) mass is 229 g/mol. The fourth-order valence-corrected chi connectivity index (χ4v) is 1.82. The van der Waals surface area contributed by atoms with Crippen LogP contribution in [0.1, 0.15) is 13.3 Å². The third-order valence-corrected chi connectivity index (χ3v) is 2.66. The van der Waals surface area contributed by atoms with Crippen molar-refractivity contribution >= 4 is 28.3 Å². The minimum Gasteiger partial charge on any atom is -0.374 e. The van der Waals surface area contributed by atoms with E-state index in [1.165, 1.54) is 0 Å². The van der Waals surface area contributed by atoms with Crippen LogP contribution < -0.4 is 5.32 Å². The molecule has 0 aromatic rings. The first kappa shape index (κ1) is 12.8. The third-order valence-electron chi connectivity index (χ3n) is 1.18. The van der Waals surface area contributed by atoms with Crippen LogP contribution in [0.25, 0.3) is 0 Å². The highest BCUT2D eigenvalue weighted by atomic mass is 32.2. The van der Waals surface area contributed by atoms with E-state index in [0.717, 1.165) is 11.8 Å². The highest BCUT2D eigenvalue weighted by molar-refractivity contribution is 8.23. The largest absolute Gasteiger partial charge is 0.374 e. The summed E-state index contributed by atoms with van der Waals surface area (Å²) >= 11 is 5.93. The number of rotatable bonds is 3. The van der Waals surface area contributed by atoms with Gasteiger partial charge < -0.3 is 5.32 Å². The predicted molar refractivity (Wildman–Crippen MR) is 53.7 cm³/mol. The van der Waals surface area contributed by atoms with Crippen LogP contribution in [-0.2, 0) is 0 Å². The first-order chi connectivity index (χ1) is 5.97. The molecule has 0 aliphatic heterocycles. The van der Waals surface area contributed by atoms with Crippen LogP contribution in [0, 0.1) is 0 Å². The number of halogens is 3. The molecule has 1 N–H and O–H groups in total. The molecule has 0 saturated heterocycles. The van der Waals surface area contributed by atoms with Crippen LogP contribution in [0.2, 0.25) is 0 Å². The molecule has 0 radical (unpaired) electrons. The van der Waals surface area contributed by atoms with Gasteiger partial charge in [-0.3, -0.25) is 0 Å². The van der Waals surface area contributed by atoms with Gasteiger partial charge in [-0.2, -0.15) is 8.78 Å². The molecule has 0 saturated carbocycles. The number of nitrogens with one attached hydrogen (secondary N) is 1. The number of hydrogen-bond donors (Lipinski definition) is 1. The first-order valence-corrected chi connectivity index (χ1v) is 4.84. The minimum atomic E-state index is -2.25. The average Bonchev–Trinajstić information content (AvgIpc) is 2.03. The molecule has 0 aromatic heterocycles. The van der Waals surface area contributed by atoms with Crippen LogP contribution in [0.3, 0.4) is 0 Å². The van der Waals surface area contributed by atoms with E-state index < -0.39 is 11.9 Å². The van der Waals surface area contributed by atoms with Crippen LogP contribution in [-0.4, -0.2) is 16.6 Å². The van der Waals surface area contributed by atoms with Gasteiger partial charge in [0.15, 0.2) is 5.83 Å². The van der Waals surface area contributed by atoms with E-state index >= 15 is 0 Å². The highest BCUT2D eigenvalue weighted by Gasteiger charge is 2.12. The Labute approximate surface area is 84.8 Å². The fourth-order valence-electron chi connectivity index (χ4n) is 0.613. The van der Waals surface area contributed by atoms with Gasteiger partial charge in [-0.1, -0.05) is 30.9 Å². The van der Waals surface area contributed by atoms with Crippen molar-refractivity contribution in [1.82, 2.24) is 5.32 Å². The van der Waals surface area contributed by atoms with Crippen molar-refractivity contribution in [2.45, 2.75) is 18.6 Å². The van der Waals surface area contributed by atoms with Gasteiger partial charge in [-0.25, -0.2) is 4.39 Å². The smallest absolute Gasteiger partial charge is 0.301 e. The summed E-state index contributed by atoms with van der Waals surface area (Å²) in [5.41, 5.74) is 0. The SMILES string of the molecule is CNC(=S)SC(C)CC(F)=C(F)F. The molecule has 0 bridgehead atoms. The quantitative estimate of drug-likeness (QED) is 0.747. The van der Waals surface area contributed by atoms with Crippen LogP contribution in [0.4, 0.5) is 13.2 Å². The lowest BCUT2D eigenvalue weighted by Gasteiger charge is -2.09. The lowest BCUT2D eigenvalue weighted by atomic mass is 10.3. The van der Waals surface area contributed by atoms with Crippen molar-refractivity contribution in [1.29, 1.82) is 0 Å². The Morgan fingerprint density at radius 3 is 2.38 bits per heavy atom. The summed E-state index contributed by atoms with van der Waals surface area (Å²) in [6.07, 6.45) is -2.54. The number of allylic oxidation sites excluding steroid dienone is 1. The summed E-state index contributed by atoms with van der Waals surface area (Å²) in [5.74, 6) is -1.36. The van der Waals surface area contributed by atoms with Gasteiger partial charge in [0, 0.05) is 18.7 Å². The third kappa shape index (κ3) is 5.93. The molecule has 0 heterocycles. The Balaban J connectivity index is 3.95. The van der Waals surface area contributed by atoms with E-state index in [1.54, 1.807) is 14.0 Å². The summed E-state index contributed by atoms with van der Waals surface area (Å²) in [4.78, 5) is 0. The Bertz CT molecular complexity index is 214. The molecule has 0 aliphatic carbocycles. The maximum Gasteiger partial charge on any atom is 0.301 e. The lowest BCUT2D eigenvalue weighted by Crippen LogP contribution is -2.14. The normalized spacial score (nSPS) is 12.1. The maximum atomic E-state index is 12.4. The van der Waals surface area contributed by atoms with Crippen LogP contribution in [0.5, 0.6) is 0 Å². The molecule has 0 spiro atoms. The van der Waals surface area contributed by atoms with Crippen molar-refractivity contribution in [3.8, 4) is 0 Å². The molecule has 1 nitrogen and oxygen atoms in total. The Kier molecular flexibility index (Phi) is 6.15. The van der Waals surface area contributed by atoms with Crippen molar-refractivity contribution < 1.29 is 13.2 Å². The zero-order chi connectivity index (χ0) is 10.4. The standard InChI is InChI=1S/C7H10F3NS2/c1-4(13-7(12)11-2)3-5(8)6(9)10/h4H,3H2,1-2H3,(H,11,12). The molecule has 76 valence electrons. The summed E-state index contributed by atoms with van der Waals surface area (Å²) in [6, 6.07) is 0. The number of hydrogen-bond acceptors (Lipinski definition) is 2. The van der Waals surface area contributed by atoms with Crippen molar-refractivity contribution in [2.24, 2.45) is 0 Å². The molecule has 13 heavy (non-hydrogen) atoms. The molecule has 0 amide bonds. The molecular weight excluding hydrogens is 219 g/mol. The van der Waals surface area contributed by atoms with E-state index in [1.807, 2.05) is 0 Å². The highest BCUT2D eigenvalue weighted by Crippen LogP contribution is 2.23. The van der Waals surface area contributed by atoms with E-state index in [2.05, 4.69) is 5.32 Å². The number of thioether (sulfide) groups is 1. The summed E-state index contributed by atoms with van der Waals surface area (Å²) < 4.78 is 36.2. The van der Waals surface area contributed by atoms with Gasteiger partial charge in [0.2, 0.25) is 0 Å². The topological polar surface area (TPSA) is 12.0 Å². The minimum absolute atomic E-state index is 0.290. The Morgan fingerprint density at radius 2 is 2.00 bits per heavy atom. The summed E-state index contributed by atoms with van der Waals surface area (Å²) in [6.45, 7) is 1.64. The lowest BCUT2D eigenvalue weighted by molar-refractivity contribution is 0.370. The average molecular weight is 229 g/mol. The Morgan fingerprint density at radius 1 is 1.46 bits per heavy atom. The zero-order valence-corrected chi connectivity index (χ0v) is 8.87. The first-order valence-electron chi connectivity index (χ1n) is 3.55. The predicted octanol–water partition coefficient (Wildman–Crippen LogP) is 3.08. The molecule has 0 aliphatic rings. The van der Waals surface area contributed by atoms with Crippen molar-refractivity contribution in [3.63, 3.8) is 0 Å². The molecule has 0 aromatic carbocycles. The molecule has 1 unspecified atom stereocenters. The summed E-state index contributed by atoms with van der Waals surface area (Å²) in [7, 11) is 1.63.